The summed E-state index contributed by atoms with van der Waals surface area (Å²) in [6.45, 7) is 6.29. The van der Waals surface area contributed by atoms with Gasteiger partial charge in [-0.1, -0.05) is 24.3 Å². The van der Waals surface area contributed by atoms with Crippen molar-refractivity contribution in [3.63, 3.8) is 0 Å². The Kier molecular flexibility index (Phi) is 4.47. The average molecular weight is 223 g/mol. The van der Waals surface area contributed by atoms with Crippen LogP contribution in [0.25, 0.3) is 0 Å². The molecular weight excluding hydrogens is 202 g/mol. The Bertz CT molecular complexity index is 331. The maximum atomic E-state index is 9.76. The minimum atomic E-state index is -0.728. The topological polar surface area (TPSA) is 52.5 Å². The lowest BCUT2D eigenvalue weighted by atomic mass is 10.0. The summed E-state index contributed by atoms with van der Waals surface area (Å²) in [5.41, 5.74) is 1.30. The van der Waals surface area contributed by atoms with E-state index in [-0.39, 0.29) is 12.6 Å². The van der Waals surface area contributed by atoms with Crippen LogP contribution in [0.5, 0.6) is 0 Å². The van der Waals surface area contributed by atoms with Crippen molar-refractivity contribution in [3.05, 3.63) is 35.4 Å². The molecule has 1 atom stereocenters. The molecule has 0 aliphatic carbocycles. The first kappa shape index (κ1) is 13.2. The van der Waals surface area contributed by atoms with E-state index in [1.165, 1.54) is 0 Å². The van der Waals surface area contributed by atoms with Crippen molar-refractivity contribution in [2.24, 2.45) is 0 Å². The number of hydrogen-bond donors (Lipinski definition) is 3. The molecule has 0 bridgehead atoms. The van der Waals surface area contributed by atoms with Gasteiger partial charge < -0.3 is 15.5 Å². The van der Waals surface area contributed by atoms with Crippen LogP contribution in [0.3, 0.4) is 0 Å². The molecule has 3 heteroatoms. The Hall–Kier alpha value is -0.900. The van der Waals surface area contributed by atoms with Crippen molar-refractivity contribution in [2.45, 2.75) is 45.6 Å². The van der Waals surface area contributed by atoms with Gasteiger partial charge in [-0.3, -0.25) is 0 Å². The van der Waals surface area contributed by atoms with Crippen molar-refractivity contribution in [1.82, 2.24) is 5.32 Å². The summed E-state index contributed by atoms with van der Waals surface area (Å²) in [7, 11) is 0. The van der Waals surface area contributed by atoms with E-state index in [0.717, 1.165) is 11.1 Å². The third-order valence-electron chi connectivity index (χ3n) is 2.85. The predicted molar refractivity (Wildman–Crippen MR) is 65.0 cm³/mol. The largest absolute Gasteiger partial charge is 0.392 e. The van der Waals surface area contributed by atoms with Crippen LogP contribution in [-0.4, -0.2) is 21.9 Å². The van der Waals surface area contributed by atoms with Crippen LogP contribution in [0.15, 0.2) is 24.3 Å². The minimum absolute atomic E-state index is 0.0188. The zero-order valence-electron chi connectivity index (χ0n) is 10.2. The second-order valence-electron chi connectivity index (χ2n) is 4.73. The number of benzene rings is 1. The van der Waals surface area contributed by atoms with Gasteiger partial charge in [-0.15, -0.1) is 0 Å². The van der Waals surface area contributed by atoms with E-state index >= 15 is 0 Å². The van der Waals surface area contributed by atoms with Gasteiger partial charge in [-0.05, 0) is 31.9 Å². The van der Waals surface area contributed by atoms with E-state index in [1.807, 2.05) is 31.2 Å². The van der Waals surface area contributed by atoms with Crippen LogP contribution in [0.2, 0.25) is 0 Å². The number of nitrogens with one attached hydrogen (secondary N) is 1. The number of aliphatic hydroxyl groups is 2. The van der Waals surface area contributed by atoms with Gasteiger partial charge in [0.25, 0.3) is 0 Å². The first-order valence-electron chi connectivity index (χ1n) is 5.58. The summed E-state index contributed by atoms with van der Waals surface area (Å²) in [6, 6.07) is 7.80. The van der Waals surface area contributed by atoms with Crippen LogP contribution in [-0.2, 0) is 13.2 Å². The summed E-state index contributed by atoms with van der Waals surface area (Å²) in [4.78, 5) is 0. The van der Waals surface area contributed by atoms with E-state index in [4.69, 9.17) is 5.11 Å². The summed E-state index contributed by atoms with van der Waals surface area (Å²) in [6.07, 6.45) is 0. The molecule has 16 heavy (non-hydrogen) atoms. The molecule has 0 saturated heterocycles. The van der Waals surface area contributed by atoms with Crippen molar-refractivity contribution in [2.75, 3.05) is 0 Å². The Morgan fingerprint density at radius 2 is 1.94 bits per heavy atom. The molecule has 0 amide bonds. The summed E-state index contributed by atoms with van der Waals surface area (Å²) in [5, 5.41) is 22.0. The zero-order chi connectivity index (χ0) is 12.2. The fraction of sp³-hybridized carbons (Fsp3) is 0.538. The van der Waals surface area contributed by atoms with Gasteiger partial charge in [-0.2, -0.15) is 0 Å². The van der Waals surface area contributed by atoms with Crippen LogP contribution in [0, 0.1) is 0 Å². The Morgan fingerprint density at radius 1 is 1.31 bits per heavy atom. The monoisotopic (exact) mass is 223 g/mol. The highest BCUT2D eigenvalue weighted by atomic mass is 16.3. The molecule has 0 aliphatic heterocycles. The molecule has 3 nitrogen and oxygen atoms in total. The standard InChI is InChI=1S/C13H21NO2/c1-10(13(2,3)16)14-8-11-5-4-6-12(7-11)9-15/h4-7,10,14-16H,8-9H2,1-3H3. The number of hydrogen-bond acceptors (Lipinski definition) is 3. The van der Waals surface area contributed by atoms with Gasteiger partial charge in [0.05, 0.1) is 12.2 Å². The van der Waals surface area contributed by atoms with Gasteiger partial charge in [-0.25, -0.2) is 0 Å². The normalized spacial score (nSPS) is 13.8. The highest BCUT2D eigenvalue weighted by Gasteiger charge is 2.21. The quantitative estimate of drug-likeness (QED) is 0.708. The zero-order valence-corrected chi connectivity index (χ0v) is 10.2. The maximum Gasteiger partial charge on any atom is 0.0741 e. The minimum Gasteiger partial charge on any atom is -0.392 e. The highest BCUT2D eigenvalue weighted by Crippen LogP contribution is 2.10. The van der Waals surface area contributed by atoms with E-state index in [0.29, 0.717) is 6.54 Å². The third kappa shape index (κ3) is 3.93. The van der Waals surface area contributed by atoms with E-state index in [9.17, 15) is 5.11 Å². The van der Waals surface area contributed by atoms with Gasteiger partial charge >= 0.3 is 0 Å². The number of rotatable bonds is 5. The molecule has 1 aromatic rings. The van der Waals surface area contributed by atoms with Gasteiger partial charge in [0.2, 0.25) is 0 Å². The molecule has 90 valence electrons. The van der Waals surface area contributed by atoms with Crippen LogP contribution >= 0.6 is 0 Å². The van der Waals surface area contributed by atoms with Gasteiger partial charge in [0.1, 0.15) is 0 Å². The summed E-state index contributed by atoms with van der Waals surface area (Å²) in [5.74, 6) is 0. The van der Waals surface area contributed by atoms with Crippen LogP contribution < -0.4 is 5.32 Å². The maximum absolute atomic E-state index is 9.76. The smallest absolute Gasteiger partial charge is 0.0741 e. The molecule has 1 aromatic carbocycles. The molecule has 0 spiro atoms. The summed E-state index contributed by atoms with van der Waals surface area (Å²) >= 11 is 0. The SMILES string of the molecule is CC(NCc1cccc(CO)c1)C(C)(C)O. The average Bonchev–Trinajstić information content (AvgIpc) is 2.25. The fourth-order valence-electron chi connectivity index (χ4n) is 1.36. The van der Waals surface area contributed by atoms with Crippen molar-refractivity contribution in [3.8, 4) is 0 Å². The van der Waals surface area contributed by atoms with E-state index < -0.39 is 5.60 Å². The first-order valence-corrected chi connectivity index (χ1v) is 5.58. The molecular formula is C13H21NO2. The highest BCUT2D eigenvalue weighted by molar-refractivity contribution is 5.22. The molecule has 3 N–H and O–H groups in total. The van der Waals surface area contributed by atoms with Gasteiger partial charge in [0.15, 0.2) is 0 Å². The lowest BCUT2D eigenvalue weighted by Crippen LogP contribution is -2.44. The molecule has 0 saturated carbocycles. The molecule has 1 rings (SSSR count). The van der Waals surface area contributed by atoms with Crippen LogP contribution in [0.1, 0.15) is 31.9 Å². The lowest BCUT2D eigenvalue weighted by molar-refractivity contribution is 0.0437. The fourth-order valence-corrected chi connectivity index (χ4v) is 1.36. The van der Waals surface area contributed by atoms with Crippen molar-refractivity contribution >= 4 is 0 Å². The van der Waals surface area contributed by atoms with Gasteiger partial charge in [0, 0.05) is 12.6 Å². The number of aliphatic hydroxyl groups excluding tert-OH is 1. The third-order valence-corrected chi connectivity index (χ3v) is 2.85. The molecule has 0 aromatic heterocycles. The Morgan fingerprint density at radius 3 is 2.50 bits per heavy atom. The second-order valence-corrected chi connectivity index (χ2v) is 4.73. The molecule has 0 radical (unpaired) electrons. The van der Waals surface area contributed by atoms with Crippen molar-refractivity contribution in [1.29, 1.82) is 0 Å². The van der Waals surface area contributed by atoms with Crippen molar-refractivity contribution < 1.29 is 10.2 Å². The Labute approximate surface area is 97.1 Å². The predicted octanol–water partition coefficient (Wildman–Crippen LogP) is 1.43. The Balaban J connectivity index is 2.54. The van der Waals surface area contributed by atoms with Crippen LogP contribution in [0.4, 0.5) is 0 Å². The lowest BCUT2D eigenvalue weighted by Gasteiger charge is -2.26. The van der Waals surface area contributed by atoms with E-state index in [1.54, 1.807) is 13.8 Å². The molecule has 0 fully saturated rings. The first-order chi connectivity index (χ1) is 7.43. The summed E-state index contributed by atoms with van der Waals surface area (Å²) < 4.78 is 0. The second kappa shape index (κ2) is 5.43. The van der Waals surface area contributed by atoms with E-state index in [2.05, 4.69) is 5.32 Å². The molecule has 0 aliphatic rings. The molecule has 0 heterocycles. The molecule has 1 unspecified atom stereocenters.